The first-order valence-corrected chi connectivity index (χ1v) is 2.43. The Labute approximate surface area is 48.5 Å². The van der Waals surface area contributed by atoms with Gasteiger partial charge in [-0.15, -0.1) is 0 Å². The second kappa shape index (κ2) is 2.80. The monoisotopic (exact) mass is 117 g/mol. The average molecular weight is 118 g/mol. The normalized spacial score (nSPS) is 11.6. The van der Waals surface area contributed by atoms with Crippen LogP contribution in [0.25, 0.3) is 0 Å². The first-order chi connectivity index (χ1) is 3.18. The average Bonchev–Trinajstić information content (AvgIpc) is 1.65. The Hall–Kier alpha value is -0.300. The zero-order chi connectivity index (χ0) is 5.86. The van der Waals surface area contributed by atoms with Gasteiger partial charge in [0.05, 0.1) is 0 Å². The molecule has 0 heterocycles. The van der Waals surface area contributed by atoms with Gasteiger partial charge in [-0.3, -0.25) is 5.41 Å². The van der Waals surface area contributed by atoms with Crippen molar-refractivity contribution >= 4 is 16.8 Å². The van der Waals surface area contributed by atoms with E-state index in [0.717, 1.165) is 5.57 Å². The molecule has 0 aromatic carbocycles. The largest absolute Gasteiger partial charge is 0.289 e. The quantitative estimate of drug-likeness (QED) is 0.509. The molecule has 0 amide bonds. The molecule has 0 saturated carbocycles. The van der Waals surface area contributed by atoms with Crippen molar-refractivity contribution in [1.82, 2.24) is 0 Å². The van der Waals surface area contributed by atoms with Crippen molar-refractivity contribution in [3.63, 3.8) is 0 Å². The molecule has 40 valence electrons. The van der Waals surface area contributed by atoms with Gasteiger partial charge in [-0.25, -0.2) is 0 Å². The third kappa shape index (κ3) is 2.40. The third-order valence-electron chi connectivity index (χ3n) is 0.779. The van der Waals surface area contributed by atoms with Gasteiger partial charge in [0.25, 0.3) is 0 Å². The van der Waals surface area contributed by atoms with Gasteiger partial charge in [-0.1, -0.05) is 17.7 Å². The molecule has 0 rings (SSSR count). The summed E-state index contributed by atoms with van der Waals surface area (Å²) >= 11 is 5.24. The van der Waals surface area contributed by atoms with E-state index in [4.69, 9.17) is 17.0 Å². The Kier molecular flexibility index (Phi) is 2.68. The van der Waals surface area contributed by atoms with E-state index in [1.54, 1.807) is 13.0 Å². The summed E-state index contributed by atoms with van der Waals surface area (Å²) in [6, 6.07) is 0. The van der Waals surface area contributed by atoms with Crippen LogP contribution in [0.3, 0.4) is 0 Å². The molecule has 1 nitrogen and oxygen atoms in total. The van der Waals surface area contributed by atoms with Crippen LogP contribution < -0.4 is 0 Å². The van der Waals surface area contributed by atoms with E-state index in [9.17, 15) is 0 Å². The van der Waals surface area contributed by atoms with Crippen LogP contribution in [0.5, 0.6) is 0 Å². The van der Waals surface area contributed by atoms with Crippen LogP contribution in [-0.4, -0.2) is 5.17 Å². The molecule has 0 aliphatic carbocycles. The maximum atomic E-state index is 6.80. The first kappa shape index (κ1) is 6.70. The van der Waals surface area contributed by atoms with Gasteiger partial charge in [0, 0.05) is 0 Å². The molecule has 2 heteroatoms. The number of allylic oxidation sites excluding steroid dienone is 2. The number of rotatable bonds is 1. The van der Waals surface area contributed by atoms with E-state index >= 15 is 0 Å². The van der Waals surface area contributed by atoms with E-state index in [-0.39, 0.29) is 5.17 Å². The predicted molar refractivity (Wildman–Crippen MR) is 33.0 cm³/mol. The van der Waals surface area contributed by atoms with E-state index in [0.29, 0.717) is 0 Å². The highest BCUT2D eigenvalue weighted by Crippen LogP contribution is 1.96. The van der Waals surface area contributed by atoms with Crippen molar-refractivity contribution in [3.05, 3.63) is 11.6 Å². The second-order valence-electron chi connectivity index (χ2n) is 1.29. The van der Waals surface area contributed by atoms with Crippen molar-refractivity contribution in [1.29, 1.82) is 5.41 Å². The summed E-state index contributed by atoms with van der Waals surface area (Å²) in [4.78, 5) is 0. The summed E-state index contributed by atoms with van der Waals surface area (Å²) < 4.78 is 0. The predicted octanol–water partition coefficient (Wildman–Crippen LogP) is 2.17. The Morgan fingerprint density at radius 2 is 2.14 bits per heavy atom. The summed E-state index contributed by atoms with van der Waals surface area (Å²) in [6.07, 6.45) is 1.80. The smallest absolute Gasteiger partial charge is 0.123 e. The Morgan fingerprint density at radius 1 is 1.71 bits per heavy atom. The lowest BCUT2D eigenvalue weighted by Gasteiger charge is -1.86. The van der Waals surface area contributed by atoms with Crippen LogP contribution >= 0.6 is 11.6 Å². The van der Waals surface area contributed by atoms with Gasteiger partial charge < -0.3 is 0 Å². The first-order valence-electron chi connectivity index (χ1n) is 2.06. The standard InChI is InChI=1S/C5H8ClN/c1-3-4(2)5(6)7/h3,7H,1-2H3. The molecule has 0 unspecified atom stereocenters. The van der Waals surface area contributed by atoms with E-state index in [2.05, 4.69) is 0 Å². The Balaban J connectivity index is 3.82. The lowest BCUT2D eigenvalue weighted by atomic mass is 10.3. The molecule has 0 aromatic heterocycles. The molecule has 0 bridgehead atoms. The van der Waals surface area contributed by atoms with Crippen molar-refractivity contribution < 1.29 is 0 Å². The van der Waals surface area contributed by atoms with E-state index in [1.807, 2.05) is 6.92 Å². The number of hydrogen-bond acceptors (Lipinski definition) is 1. The lowest BCUT2D eigenvalue weighted by Crippen LogP contribution is -1.82. The fraction of sp³-hybridized carbons (Fsp3) is 0.400. The Bertz CT molecular complexity index is 105. The van der Waals surface area contributed by atoms with Gasteiger partial charge in [-0.2, -0.15) is 0 Å². The summed E-state index contributed by atoms with van der Waals surface area (Å²) in [7, 11) is 0. The van der Waals surface area contributed by atoms with Crippen LogP contribution in [0.15, 0.2) is 11.6 Å². The molecule has 0 aliphatic heterocycles. The van der Waals surface area contributed by atoms with Gasteiger partial charge in [0.2, 0.25) is 0 Å². The molecule has 0 radical (unpaired) electrons. The number of nitrogens with one attached hydrogen (secondary N) is 1. The highest BCUT2D eigenvalue weighted by molar-refractivity contribution is 6.68. The highest BCUT2D eigenvalue weighted by Gasteiger charge is 1.87. The maximum Gasteiger partial charge on any atom is 0.123 e. The van der Waals surface area contributed by atoms with Gasteiger partial charge in [0.1, 0.15) is 5.17 Å². The van der Waals surface area contributed by atoms with Gasteiger partial charge >= 0.3 is 0 Å². The van der Waals surface area contributed by atoms with Crippen LogP contribution in [0.2, 0.25) is 0 Å². The van der Waals surface area contributed by atoms with Crippen molar-refractivity contribution in [2.45, 2.75) is 13.8 Å². The molecule has 7 heavy (non-hydrogen) atoms. The molecule has 0 fully saturated rings. The SMILES string of the molecule is CC=C(C)C(=N)Cl. The van der Waals surface area contributed by atoms with Gasteiger partial charge in [0.15, 0.2) is 0 Å². The number of halogens is 1. The van der Waals surface area contributed by atoms with E-state index < -0.39 is 0 Å². The second-order valence-corrected chi connectivity index (χ2v) is 1.66. The van der Waals surface area contributed by atoms with Crippen LogP contribution in [-0.2, 0) is 0 Å². The molecule has 0 atom stereocenters. The zero-order valence-corrected chi connectivity index (χ0v) is 5.21. The summed E-state index contributed by atoms with van der Waals surface area (Å²) in [5.41, 5.74) is 0.821. The number of hydrogen-bond donors (Lipinski definition) is 1. The fourth-order valence-corrected chi connectivity index (χ4v) is 0.236. The zero-order valence-electron chi connectivity index (χ0n) is 4.46. The highest BCUT2D eigenvalue weighted by atomic mass is 35.5. The molecule has 0 saturated heterocycles. The topological polar surface area (TPSA) is 23.9 Å². The minimum absolute atomic E-state index is 0.127. The van der Waals surface area contributed by atoms with Crippen molar-refractivity contribution in [2.75, 3.05) is 0 Å². The fourth-order valence-electron chi connectivity index (χ4n) is 0.127. The molecule has 0 aromatic rings. The maximum absolute atomic E-state index is 6.80. The minimum atomic E-state index is 0.127. The summed E-state index contributed by atoms with van der Waals surface area (Å²) in [5, 5.41) is 6.92. The summed E-state index contributed by atoms with van der Waals surface area (Å²) in [6.45, 7) is 3.65. The minimum Gasteiger partial charge on any atom is -0.289 e. The molecule has 1 N–H and O–H groups in total. The van der Waals surface area contributed by atoms with Crippen LogP contribution in [0.1, 0.15) is 13.8 Å². The summed E-state index contributed by atoms with van der Waals surface area (Å²) in [5.74, 6) is 0. The van der Waals surface area contributed by atoms with E-state index in [1.165, 1.54) is 0 Å². The molecule has 0 spiro atoms. The van der Waals surface area contributed by atoms with Crippen molar-refractivity contribution in [3.8, 4) is 0 Å². The van der Waals surface area contributed by atoms with Crippen LogP contribution in [0, 0.1) is 5.41 Å². The lowest BCUT2D eigenvalue weighted by molar-refractivity contribution is 1.47. The van der Waals surface area contributed by atoms with Crippen LogP contribution in [0.4, 0.5) is 0 Å². The van der Waals surface area contributed by atoms with Gasteiger partial charge in [-0.05, 0) is 19.4 Å². The van der Waals surface area contributed by atoms with Crippen molar-refractivity contribution in [2.24, 2.45) is 0 Å². The third-order valence-corrected chi connectivity index (χ3v) is 1.08. The molecular weight excluding hydrogens is 110 g/mol. The molecular formula is C5H8ClN. The molecule has 0 aliphatic rings. The Morgan fingerprint density at radius 3 is 2.14 bits per heavy atom.